The molecule has 0 aliphatic carbocycles. The summed E-state index contributed by atoms with van der Waals surface area (Å²) in [7, 11) is 1.63. The fourth-order valence-electron chi connectivity index (χ4n) is 1.72. The molecule has 2 aromatic carbocycles. The maximum atomic E-state index is 5.95. The van der Waals surface area contributed by atoms with Crippen LogP contribution in [0.5, 0.6) is 17.2 Å². The minimum absolute atomic E-state index is 0.421. The highest BCUT2D eigenvalue weighted by Crippen LogP contribution is 2.34. The normalized spacial score (nSPS) is 10.3. The summed E-state index contributed by atoms with van der Waals surface area (Å²) in [5, 5.41) is 0. The first-order valence-electron chi connectivity index (χ1n) is 5.81. The zero-order valence-electron chi connectivity index (χ0n) is 10.7. The number of hydrogen-bond acceptors (Lipinski definition) is 2. The van der Waals surface area contributed by atoms with E-state index in [0.29, 0.717) is 5.88 Å². The van der Waals surface area contributed by atoms with Crippen molar-refractivity contribution >= 4 is 27.5 Å². The molecule has 2 aromatic rings. The van der Waals surface area contributed by atoms with Crippen LogP contribution in [0.1, 0.15) is 11.1 Å². The minimum Gasteiger partial charge on any atom is -0.497 e. The number of methoxy groups -OCH3 is 1. The molecule has 0 saturated carbocycles. The highest BCUT2D eigenvalue weighted by Gasteiger charge is 2.08. The predicted molar refractivity (Wildman–Crippen MR) is 81.5 cm³/mol. The van der Waals surface area contributed by atoms with Gasteiger partial charge in [0.25, 0.3) is 0 Å². The molecule has 0 N–H and O–H groups in total. The van der Waals surface area contributed by atoms with Crippen LogP contribution in [0.2, 0.25) is 0 Å². The van der Waals surface area contributed by atoms with Crippen LogP contribution in [-0.2, 0) is 5.88 Å². The fourth-order valence-corrected chi connectivity index (χ4v) is 2.37. The minimum atomic E-state index is 0.421. The van der Waals surface area contributed by atoms with Gasteiger partial charge in [0.2, 0.25) is 0 Å². The Balaban J connectivity index is 2.31. The molecule has 0 aliphatic heterocycles. The van der Waals surface area contributed by atoms with Gasteiger partial charge in [-0.1, -0.05) is 17.7 Å². The Morgan fingerprint density at radius 3 is 2.47 bits per heavy atom. The van der Waals surface area contributed by atoms with Crippen molar-refractivity contribution in [3.8, 4) is 17.2 Å². The van der Waals surface area contributed by atoms with Gasteiger partial charge in [0, 0.05) is 5.56 Å². The number of benzene rings is 2. The number of ether oxygens (including phenoxy) is 2. The third kappa shape index (κ3) is 3.43. The Labute approximate surface area is 126 Å². The number of aryl methyl sites for hydroxylation is 1. The summed E-state index contributed by atoms with van der Waals surface area (Å²) in [6.45, 7) is 2.03. The van der Waals surface area contributed by atoms with Crippen molar-refractivity contribution in [1.29, 1.82) is 0 Å². The first-order chi connectivity index (χ1) is 9.13. The van der Waals surface area contributed by atoms with E-state index in [1.165, 1.54) is 0 Å². The van der Waals surface area contributed by atoms with Gasteiger partial charge < -0.3 is 9.47 Å². The SMILES string of the molecule is COc1ccc(Oc2ccc(C)cc2CCl)c(Br)c1. The van der Waals surface area contributed by atoms with E-state index in [1.54, 1.807) is 7.11 Å². The zero-order valence-corrected chi connectivity index (χ0v) is 13.1. The molecule has 2 rings (SSSR count). The van der Waals surface area contributed by atoms with Crippen molar-refractivity contribution < 1.29 is 9.47 Å². The fraction of sp³-hybridized carbons (Fsp3) is 0.200. The Morgan fingerprint density at radius 2 is 1.84 bits per heavy atom. The lowest BCUT2D eigenvalue weighted by Gasteiger charge is -2.12. The molecule has 0 saturated heterocycles. The molecule has 100 valence electrons. The summed E-state index contributed by atoms with van der Waals surface area (Å²) in [4.78, 5) is 0. The van der Waals surface area contributed by atoms with Crippen LogP contribution in [0.25, 0.3) is 0 Å². The smallest absolute Gasteiger partial charge is 0.141 e. The van der Waals surface area contributed by atoms with Crippen molar-refractivity contribution in [2.75, 3.05) is 7.11 Å². The van der Waals surface area contributed by atoms with Gasteiger partial charge in [-0.3, -0.25) is 0 Å². The highest BCUT2D eigenvalue weighted by molar-refractivity contribution is 9.10. The molecule has 0 aromatic heterocycles. The van der Waals surface area contributed by atoms with Gasteiger partial charge in [-0.2, -0.15) is 0 Å². The van der Waals surface area contributed by atoms with Gasteiger partial charge in [-0.15, -0.1) is 11.6 Å². The van der Waals surface area contributed by atoms with Gasteiger partial charge in [0.1, 0.15) is 17.2 Å². The second-order valence-corrected chi connectivity index (χ2v) is 5.26. The number of alkyl halides is 1. The lowest BCUT2D eigenvalue weighted by atomic mass is 10.1. The second kappa shape index (κ2) is 6.31. The summed E-state index contributed by atoms with van der Waals surface area (Å²) in [5.74, 6) is 2.70. The molecule has 0 aliphatic rings. The monoisotopic (exact) mass is 340 g/mol. The Bertz CT molecular complexity index is 584. The van der Waals surface area contributed by atoms with Crippen molar-refractivity contribution in [3.05, 3.63) is 52.0 Å². The molecular formula is C15H14BrClO2. The lowest BCUT2D eigenvalue weighted by Crippen LogP contribution is -1.92. The standard InChI is InChI=1S/C15H14BrClO2/c1-10-3-5-14(11(7-10)9-17)19-15-6-4-12(18-2)8-13(15)16/h3-8H,9H2,1-2H3. The largest absolute Gasteiger partial charge is 0.497 e. The van der Waals surface area contributed by atoms with Crippen LogP contribution >= 0.6 is 27.5 Å². The molecular weight excluding hydrogens is 328 g/mol. The molecule has 0 atom stereocenters. The third-order valence-electron chi connectivity index (χ3n) is 2.72. The second-order valence-electron chi connectivity index (χ2n) is 4.14. The van der Waals surface area contributed by atoms with Crippen molar-refractivity contribution in [1.82, 2.24) is 0 Å². The summed E-state index contributed by atoms with van der Waals surface area (Å²) in [6, 6.07) is 11.5. The number of halogens is 2. The average molecular weight is 342 g/mol. The first kappa shape index (κ1) is 14.2. The molecule has 19 heavy (non-hydrogen) atoms. The van der Waals surface area contributed by atoms with E-state index in [-0.39, 0.29) is 0 Å². The summed E-state index contributed by atoms with van der Waals surface area (Å²) in [6.07, 6.45) is 0. The van der Waals surface area contributed by atoms with Gasteiger partial charge in [-0.05, 0) is 47.1 Å². The van der Waals surface area contributed by atoms with E-state index >= 15 is 0 Å². The zero-order chi connectivity index (χ0) is 13.8. The van der Waals surface area contributed by atoms with E-state index in [2.05, 4.69) is 15.9 Å². The van der Waals surface area contributed by atoms with Crippen LogP contribution in [0, 0.1) is 6.92 Å². The number of rotatable bonds is 4. The Hall–Kier alpha value is -1.19. The van der Waals surface area contributed by atoms with E-state index < -0.39 is 0 Å². The van der Waals surface area contributed by atoms with E-state index in [4.69, 9.17) is 21.1 Å². The molecule has 0 bridgehead atoms. The number of hydrogen-bond donors (Lipinski definition) is 0. The molecule has 2 nitrogen and oxygen atoms in total. The van der Waals surface area contributed by atoms with Gasteiger partial charge >= 0.3 is 0 Å². The van der Waals surface area contributed by atoms with E-state index in [9.17, 15) is 0 Å². The lowest BCUT2D eigenvalue weighted by molar-refractivity contribution is 0.412. The predicted octanol–water partition coefficient (Wildman–Crippen LogP) is 5.30. The van der Waals surface area contributed by atoms with Crippen molar-refractivity contribution in [2.45, 2.75) is 12.8 Å². The molecule has 0 unspecified atom stereocenters. The van der Waals surface area contributed by atoms with Gasteiger partial charge in [0.15, 0.2) is 0 Å². The maximum Gasteiger partial charge on any atom is 0.141 e. The topological polar surface area (TPSA) is 18.5 Å². The van der Waals surface area contributed by atoms with Crippen molar-refractivity contribution in [3.63, 3.8) is 0 Å². The Kier molecular flexibility index (Phi) is 4.72. The molecule has 0 fully saturated rings. The summed E-state index contributed by atoms with van der Waals surface area (Å²) < 4.78 is 11.9. The Morgan fingerprint density at radius 1 is 1.11 bits per heavy atom. The van der Waals surface area contributed by atoms with Crippen LogP contribution in [-0.4, -0.2) is 7.11 Å². The summed E-state index contributed by atoms with van der Waals surface area (Å²) >= 11 is 9.41. The highest BCUT2D eigenvalue weighted by atomic mass is 79.9. The molecule has 0 spiro atoms. The van der Waals surface area contributed by atoms with Gasteiger partial charge in [-0.25, -0.2) is 0 Å². The quantitative estimate of drug-likeness (QED) is 0.703. The summed E-state index contributed by atoms with van der Waals surface area (Å²) in [5.41, 5.74) is 2.14. The van der Waals surface area contributed by atoms with E-state index in [0.717, 1.165) is 32.8 Å². The maximum absolute atomic E-state index is 5.95. The van der Waals surface area contributed by atoms with Crippen LogP contribution < -0.4 is 9.47 Å². The molecule has 0 amide bonds. The molecule has 0 heterocycles. The van der Waals surface area contributed by atoms with Crippen molar-refractivity contribution in [2.24, 2.45) is 0 Å². The molecule has 0 radical (unpaired) electrons. The van der Waals surface area contributed by atoms with Gasteiger partial charge in [0.05, 0.1) is 17.5 Å². The van der Waals surface area contributed by atoms with E-state index in [1.807, 2.05) is 43.3 Å². The molecule has 4 heteroatoms. The van der Waals surface area contributed by atoms with Crippen LogP contribution in [0.15, 0.2) is 40.9 Å². The van der Waals surface area contributed by atoms with Crippen LogP contribution in [0.4, 0.5) is 0 Å². The first-order valence-corrected chi connectivity index (χ1v) is 7.13. The van der Waals surface area contributed by atoms with Crippen LogP contribution in [0.3, 0.4) is 0 Å². The average Bonchev–Trinajstić information content (AvgIpc) is 2.42. The third-order valence-corrected chi connectivity index (χ3v) is 3.63.